The Bertz CT molecular complexity index is 1160. The summed E-state index contributed by atoms with van der Waals surface area (Å²) in [6, 6.07) is 11.3. The van der Waals surface area contributed by atoms with E-state index in [0.29, 0.717) is 25.7 Å². The monoisotopic (exact) mass is 495 g/mol. The third-order valence-corrected chi connectivity index (χ3v) is 7.52. The molecule has 1 unspecified atom stereocenters. The van der Waals surface area contributed by atoms with Crippen molar-refractivity contribution in [2.24, 2.45) is 0 Å². The highest BCUT2D eigenvalue weighted by Crippen LogP contribution is 2.46. The van der Waals surface area contributed by atoms with Gasteiger partial charge >= 0.3 is 0 Å². The Balaban J connectivity index is 1.62. The van der Waals surface area contributed by atoms with E-state index in [1.54, 1.807) is 6.07 Å². The van der Waals surface area contributed by atoms with E-state index in [1.807, 2.05) is 6.07 Å². The number of hydrogen-bond donors (Lipinski definition) is 2. The molecule has 2 heterocycles. The number of phenols is 2. The van der Waals surface area contributed by atoms with Crippen molar-refractivity contribution < 1.29 is 29.5 Å². The summed E-state index contributed by atoms with van der Waals surface area (Å²) in [7, 11) is 1.51. The highest BCUT2D eigenvalue weighted by atomic mass is 17.2. The molecule has 2 fully saturated rings. The van der Waals surface area contributed by atoms with Crippen LogP contribution in [-0.4, -0.2) is 41.4 Å². The molecular formula is C29H37NO6. The van der Waals surface area contributed by atoms with Crippen molar-refractivity contribution in [3.8, 4) is 22.8 Å². The van der Waals surface area contributed by atoms with E-state index in [-0.39, 0.29) is 17.8 Å². The van der Waals surface area contributed by atoms with E-state index in [1.165, 1.54) is 43.4 Å². The molecule has 5 rings (SSSR count). The maximum Gasteiger partial charge on any atom is 0.157 e. The van der Waals surface area contributed by atoms with Gasteiger partial charge in [-0.05, 0) is 67.3 Å². The van der Waals surface area contributed by atoms with Gasteiger partial charge in [0.05, 0.1) is 19.4 Å². The van der Waals surface area contributed by atoms with Gasteiger partial charge in [-0.3, -0.25) is 0 Å². The molecule has 2 aromatic carbocycles. The molecule has 2 aliphatic rings. The second-order valence-electron chi connectivity index (χ2n) is 9.90. The van der Waals surface area contributed by atoms with Crippen molar-refractivity contribution >= 4 is 10.9 Å². The van der Waals surface area contributed by atoms with Crippen LogP contribution in [-0.2, 0) is 32.4 Å². The van der Waals surface area contributed by atoms with Gasteiger partial charge in [0.1, 0.15) is 18.1 Å². The standard InChI is InChI=1S/C29H37NO6/c1-33-36-19-20-10-12-23-25(17-20)30(14-16-35-27-9-5-6-15-34-27)29(24-13-11-22(31)18-26(24)32)28(23)21-7-3-2-4-8-21/h10-13,17-18,21,27,31-32H,2-9,14-16,19H2,1H3. The lowest BCUT2D eigenvalue weighted by molar-refractivity contribution is -0.282. The Kier molecular flexibility index (Phi) is 8.12. The van der Waals surface area contributed by atoms with Crippen LogP contribution >= 0.6 is 0 Å². The Hall–Kier alpha value is -2.58. The lowest BCUT2D eigenvalue weighted by Gasteiger charge is -2.25. The van der Waals surface area contributed by atoms with Crippen LogP contribution in [0.1, 0.15) is 68.4 Å². The SMILES string of the molecule is COOCc1ccc2c(C3CCCCC3)c(-c3ccc(O)cc3O)n(CCOC3CCCCO3)c2c1. The van der Waals surface area contributed by atoms with E-state index in [2.05, 4.69) is 22.8 Å². The highest BCUT2D eigenvalue weighted by Gasteiger charge is 2.28. The zero-order valence-electron chi connectivity index (χ0n) is 21.1. The molecule has 0 spiro atoms. The fourth-order valence-electron chi connectivity index (χ4n) is 5.80. The molecule has 1 saturated carbocycles. The molecule has 0 amide bonds. The molecule has 1 atom stereocenters. The first kappa shape index (κ1) is 25.1. The molecule has 7 nitrogen and oxygen atoms in total. The van der Waals surface area contributed by atoms with Crippen LogP contribution in [0.15, 0.2) is 36.4 Å². The number of nitrogens with zero attached hydrogens (tertiary/aromatic N) is 1. The fourth-order valence-corrected chi connectivity index (χ4v) is 5.80. The topological polar surface area (TPSA) is 82.3 Å². The van der Waals surface area contributed by atoms with Gasteiger partial charge in [-0.1, -0.05) is 31.4 Å². The molecule has 7 heteroatoms. The summed E-state index contributed by atoms with van der Waals surface area (Å²) in [5, 5.41) is 22.1. The van der Waals surface area contributed by atoms with Crippen LogP contribution in [0.5, 0.6) is 11.5 Å². The smallest absolute Gasteiger partial charge is 0.157 e. The number of phenolic OH excluding ortho intramolecular Hbond substituents is 2. The average molecular weight is 496 g/mol. The van der Waals surface area contributed by atoms with Gasteiger partial charge in [-0.2, -0.15) is 0 Å². The number of ether oxygens (including phenoxy) is 2. The predicted molar refractivity (Wildman–Crippen MR) is 138 cm³/mol. The summed E-state index contributed by atoms with van der Waals surface area (Å²) in [5.74, 6) is 0.542. The Labute approximate surface area is 212 Å². The van der Waals surface area contributed by atoms with Crippen LogP contribution in [0, 0.1) is 0 Å². The quantitative estimate of drug-likeness (QED) is 0.264. The number of aromatic nitrogens is 1. The minimum atomic E-state index is -0.158. The maximum atomic E-state index is 11.0. The zero-order valence-corrected chi connectivity index (χ0v) is 21.1. The molecule has 36 heavy (non-hydrogen) atoms. The minimum Gasteiger partial charge on any atom is -0.508 e. The van der Waals surface area contributed by atoms with Gasteiger partial charge < -0.3 is 24.3 Å². The Morgan fingerprint density at radius 1 is 0.972 bits per heavy atom. The van der Waals surface area contributed by atoms with Crippen molar-refractivity contribution in [3.05, 3.63) is 47.5 Å². The number of benzene rings is 2. The van der Waals surface area contributed by atoms with Crippen molar-refractivity contribution in [1.29, 1.82) is 0 Å². The van der Waals surface area contributed by atoms with Gasteiger partial charge in [0.2, 0.25) is 0 Å². The first-order chi connectivity index (χ1) is 17.7. The zero-order chi connectivity index (χ0) is 24.9. The number of fused-ring (bicyclic) bond motifs is 1. The van der Waals surface area contributed by atoms with E-state index < -0.39 is 0 Å². The molecule has 1 aliphatic carbocycles. The van der Waals surface area contributed by atoms with E-state index >= 15 is 0 Å². The molecule has 194 valence electrons. The molecule has 0 bridgehead atoms. The lowest BCUT2D eigenvalue weighted by atomic mass is 9.81. The van der Waals surface area contributed by atoms with Gasteiger partial charge in [-0.25, -0.2) is 9.78 Å². The minimum absolute atomic E-state index is 0.0508. The molecule has 1 aliphatic heterocycles. The third-order valence-electron chi connectivity index (χ3n) is 7.52. The van der Waals surface area contributed by atoms with Gasteiger partial charge in [0, 0.05) is 35.7 Å². The Morgan fingerprint density at radius 2 is 1.81 bits per heavy atom. The van der Waals surface area contributed by atoms with Crippen LogP contribution in [0.2, 0.25) is 0 Å². The number of hydrogen-bond acceptors (Lipinski definition) is 6. The van der Waals surface area contributed by atoms with E-state index in [9.17, 15) is 10.2 Å². The molecule has 0 radical (unpaired) electrons. The first-order valence-electron chi connectivity index (χ1n) is 13.2. The largest absolute Gasteiger partial charge is 0.508 e. The molecule has 2 N–H and O–H groups in total. The second kappa shape index (κ2) is 11.6. The third kappa shape index (κ3) is 5.39. The maximum absolute atomic E-state index is 11.0. The fraction of sp³-hybridized carbons (Fsp3) is 0.517. The summed E-state index contributed by atoms with van der Waals surface area (Å²) < 4.78 is 14.2. The summed E-state index contributed by atoms with van der Waals surface area (Å²) in [4.78, 5) is 10.1. The highest BCUT2D eigenvalue weighted by molar-refractivity contribution is 5.94. The second-order valence-corrected chi connectivity index (χ2v) is 9.90. The number of rotatable bonds is 9. The van der Waals surface area contributed by atoms with Crippen molar-refractivity contribution in [3.63, 3.8) is 0 Å². The normalized spacial score (nSPS) is 19.2. The number of aromatic hydroxyl groups is 2. The molecule has 1 saturated heterocycles. The van der Waals surface area contributed by atoms with Crippen molar-refractivity contribution in [1.82, 2.24) is 4.57 Å². The van der Waals surface area contributed by atoms with Crippen LogP contribution in [0.4, 0.5) is 0 Å². The van der Waals surface area contributed by atoms with E-state index in [4.69, 9.17) is 19.2 Å². The van der Waals surface area contributed by atoms with E-state index in [0.717, 1.165) is 61.0 Å². The molecular weight excluding hydrogens is 458 g/mol. The van der Waals surface area contributed by atoms with Gasteiger partial charge in [0.25, 0.3) is 0 Å². The van der Waals surface area contributed by atoms with Crippen LogP contribution < -0.4 is 0 Å². The summed E-state index contributed by atoms with van der Waals surface area (Å²) >= 11 is 0. The molecule has 1 aromatic heterocycles. The first-order valence-corrected chi connectivity index (χ1v) is 13.2. The summed E-state index contributed by atoms with van der Waals surface area (Å²) in [6.07, 6.45) is 8.92. The van der Waals surface area contributed by atoms with Crippen molar-refractivity contribution in [2.45, 2.75) is 76.7 Å². The van der Waals surface area contributed by atoms with Crippen LogP contribution in [0.3, 0.4) is 0 Å². The average Bonchev–Trinajstić information content (AvgIpc) is 3.22. The Morgan fingerprint density at radius 3 is 2.56 bits per heavy atom. The van der Waals surface area contributed by atoms with Gasteiger partial charge in [-0.15, -0.1) is 0 Å². The predicted octanol–water partition coefficient (Wildman–Crippen LogP) is 6.39. The summed E-state index contributed by atoms with van der Waals surface area (Å²) in [5.41, 5.74) is 5.11. The van der Waals surface area contributed by atoms with Crippen LogP contribution in [0.25, 0.3) is 22.2 Å². The van der Waals surface area contributed by atoms with Gasteiger partial charge in [0.15, 0.2) is 6.29 Å². The van der Waals surface area contributed by atoms with Crippen molar-refractivity contribution in [2.75, 3.05) is 20.3 Å². The lowest BCUT2D eigenvalue weighted by Crippen LogP contribution is -2.24. The summed E-state index contributed by atoms with van der Waals surface area (Å²) in [6.45, 7) is 2.22. The molecule has 3 aromatic rings.